The maximum absolute atomic E-state index is 14.3. The summed E-state index contributed by atoms with van der Waals surface area (Å²) < 4.78 is 35.6. The third-order valence-electron chi connectivity index (χ3n) is 8.91. The summed E-state index contributed by atoms with van der Waals surface area (Å²) in [7, 11) is -4.19. The summed E-state index contributed by atoms with van der Waals surface area (Å²) in [6.07, 6.45) is 4.62. The molecule has 0 bridgehead atoms. The molecule has 3 amide bonds. The fourth-order valence-corrected chi connectivity index (χ4v) is 8.25. The van der Waals surface area contributed by atoms with Crippen molar-refractivity contribution in [2.75, 3.05) is 0 Å². The highest BCUT2D eigenvalue weighted by Crippen LogP contribution is 2.62. The molecule has 5 N–H and O–H groups in total. The topological polar surface area (TPSA) is 160 Å². The fraction of sp³-hybridized carbons (Fsp3) is 0.300. The van der Waals surface area contributed by atoms with Gasteiger partial charge in [-0.15, -0.1) is 0 Å². The highest BCUT2D eigenvalue weighted by Gasteiger charge is 2.64. The first-order valence-corrected chi connectivity index (χ1v) is 14.6. The summed E-state index contributed by atoms with van der Waals surface area (Å²) in [5, 5.41) is 17.5. The number of urea groups is 1. The lowest BCUT2D eigenvalue weighted by Gasteiger charge is -2.58. The van der Waals surface area contributed by atoms with E-state index in [1.165, 1.54) is 12.1 Å². The van der Waals surface area contributed by atoms with Crippen LogP contribution in [0.2, 0.25) is 0 Å². The largest absolute Gasteiger partial charge is 0.477 e. The van der Waals surface area contributed by atoms with Crippen LogP contribution in [0.1, 0.15) is 55.4 Å². The molecule has 2 aliphatic carbocycles. The van der Waals surface area contributed by atoms with Gasteiger partial charge in [-0.2, -0.15) is 5.10 Å². The standard InChI is InChI=1S/C30H30N4O6S/c1-16-10-13-21-28(2,3)24(33-34-27(31)37)20(41(38,39)18-8-6-5-7-9-18)15-30(21)29(16,4)14-17-11-12-19-22(23(17)40-30)26(36)32-25(19)35/h5-13,15,26,36H,14H2,1-4H3,(H,32,35)(H3,31,34,37). The van der Waals surface area contributed by atoms with Crippen LogP contribution in [0.5, 0.6) is 5.75 Å². The number of aliphatic hydroxyl groups is 1. The van der Waals surface area contributed by atoms with Gasteiger partial charge >= 0.3 is 6.03 Å². The maximum Gasteiger partial charge on any atom is 0.332 e. The number of rotatable bonds is 3. The number of carbonyl (C=O) groups excluding carboxylic acids is 2. The monoisotopic (exact) mass is 574 g/mol. The smallest absolute Gasteiger partial charge is 0.332 e. The lowest BCUT2D eigenvalue weighted by Crippen LogP contribution is -2.62. The Hall–Kier alpha value is -4.22. The van der Waals surface area contributed by atoms with E-state index in [-0.39, 0.29) is 15.5 Å². The molecule has 2 aromatic carbocycles. The Morgan fingerprint density at radius 2 is 1.85 bits per heavy atom. The van der Waals surface area contributed by atoms with Crippen molar-refractivity contribution in [1.29, 1.82) is 0 Å². The highest BCUT2D eigenvalue weighted by molar-refractivity contribution is 7.96. The molecular weight excluding hydrogens is 544 g/mol. The number of carbonyl (C=O) groups is 2. The Labute approximate surface area is 237 Å². The van der Waals surface area contributed by atoms with E-state index < -0.39 is 44.4 Å². The molecule has 0 aromatic heterocycles. The summed E-state index contributed by atoms with van der Waals surface area (Å²) in [6, 6.07) is 10.5. The van der Waals surface area contributed by atoms with Gasteiger partial charge in [0.05, 0.1) is 26.6 Å². The van der Waals surface area contributed by atoms with Crippen LogP contribution >= 0.6 is 0 Å². The first kappa shape index (κ1) is 27.0. The lowest BCUT2D eigenvalue weighted by atomic mass is 9.52. The minimum absolute atomic E-state index is 0.0461. The number of hydrogen-bond acceptors (Lipinski definition) is 7. The Balaban J connectivity index is 1.70. The predicted octanol–water partition coefficient (Wildman–Crippen LogP) is 3.41. The van der Waals surface area contributed by atoms with Gasteiger partial charge < -0.3 is 20.9 Å². The van der Waals surface area contributed by atoms with E-state index in [2.05, 4.69) is 15.8 Å². The van der Waals surface area contributed by atoms with Gasteiger partial charge in [0, 0.05) is 10.8 Å². The van der Waals surface area contributed by atoms with E-state index in [4.69, 9.17) is 10.5 Å². The molecule has 2 aliphatic heterocycles. The van der Waals surface area contributed by atoms with Crippen molar-refractivity contribution in [2.45, 2.75) is 50.8 Å². The van der Waals surface area contributed by atoms with Crippen LogP contribution in [0.3, 0.4) is 0 Å². The van der Waals surface area contributed by atoms with Crippen molar-refractivity contribution in [2.24, 2.45) is 21.7 Å². The van der Waals surface area contributed by atoms with Gasteiger partial charge in [-0.1, -0.05) is 62.8 Å². The maximum atomic E-state index is 14.3. The van der Waals surface area contributed by atoms with Crippen molar-refractivity contribution >= 4 is 27.5 Å². The molecule has 3 unspecified atom stereocenters. The van der Waals surface area contributed by atoms with Gasteiger partial charge in [-0.25, -0.2) is 18.6 Å². The first-order chi connectivity index (χ1) is 19.2. The third-order valence-corrected chi connectivity index (χ3v) is 10.7. The molecule has 1 spiro atoms. The molecule has 0 radical (unpaired) electrons. The van der Waals surface area contributed by atoms with Crippen LogP contribution in [0.15, 0.2) is 86.7 Å². The van der Waals surface area contributed by atoms with Crippen LogP contribution in [0.4, 0.5) is 4.79 Å². The van der Waals surface area contributed by atoms with Crippen molar-refractivity contribution in [3.8, 4) is 5.75 Å². The second kappa shape index (κ2) is 8.64. The van der Waals surface area contributed by atoms with Crippen molar-refractivity contribution < 1.29 is 27.9 Å². The molecule has 11 heteroatoms. The number of nitrogens with one attached hydrogen (secondary N) is 2. The van der Waals surface area contributed by atoms with Crippen molar-refractivity contribution in [3.05, 3.63) is 93.4 Å². The minimum Gasteiger partial charge on any atom is -0.477 e. The number of primary amides is 1. The van der Waals surface area contributed by atoms with E-state index >= 15 is 0 Å². The lowest BCUT2D eigenvalue weighted by molar-refractivity contribution is 0.00742. The summed E-state index contributed by atoms with van der Waals surface area (Å²) >= 11 is 0. The summed E-state index contributed by atoms with van der Waals surface area (Å²) in [4.78, 5) is 24.2. The third kappa shape index (κ3) is 3.58. The van der Waals surface area contributed by atoms with Gasteiger partial charge in [0.15, 0.2) is 11.8 Å². The van der Waals surface area contributed by atoms with Crippen molar-refractivity contribution in [3.63, 3.8) is 0 Å². The summed E-state index contributed by atoms with van der Waals surface area (Å²) in [6.45, 7) is 7.63. The number of aliphatic hydroxyl groups excluding tert-OH is 1. The molecule has 0 saturated heterocycles. The number of benzene rings is 2. The Morgan fingerprint density at radius 3 is 2.54 bits per heavy atom. The van der Waals surface area contributed by atoms with Gasteiger partial charge in [-0.05, 0) is 48.8 Å². The number of hydrogen-bond donors (Lipinski definition) is 4. The normalized spacial score (nSPS) is 28.5. The number of allylic oxidation sites excluding steroid dienone is 3. The minimum atomic E-state index is -4.19. The number of ether oxygens (including phenoxy) is 1. The average Bonchev–Trinajstić information content (AvgIpc) is 3.21. The zero-order valence-electron chi connectivity index (χ0n) is 23.0. The second-order valence-electron chi connectivity index (χ2n) is 11.6. The molecular formula is C30H30N4O6S. The van der Waals surface area contributed by atoms with Crippen LogP contribution in [0.25, 0.3) is 0 Å². The number of amides is 3. The van der Waals surface area contributed by atoms with Crippen LogP contribution < -0.4 is 21.2 Å². The van der Waals surface area contributed by atoms with E-state index in [1.54, 1.807) is 30.3 Å². The molecule has 0 fully saturated rings. The molecule has 3 atom stereocenters. The number of hydrazone groups is 1. The van der Waals surface area contributed by atoms with Gasteiger partial charge in [-0.3, -0.25) is 4.79 Å². The molecule has 4 aliphatic rings. The molecule has 2 aromatic rings. The SMILES string of the molecule is CC1=CC=C2C(C)(C)C(=NNC(N)=O)C(S(=O)(=O)c3ccccc3)=CC23Oc2c(ccc4c2C(O)NC4=O)CC13C. The second-order valence-corrected chi connectivity index (χ2v) is 13.5. The van der Waals surface area contributed by atoms with Gasteiger partial charge in [0.25, 0.3) is 5.91 Å². The summed E-state index contributed by atoms with van der Waals surface area (Å²) in [5.74, 6) is -0.0791. The molecule has 2 heterocycles. The van der Waals surface area contributed by atoms with Crippen LogP contribution in [-0.4, -0.2) is 36.8 Å². The quantitative estimate of drug-likeness (QED) is 0.411. The zero-order valence-corrected chi connectivity index (χ0v) is 23.8. The molecule has 0 saturated carbocycles. The summed E-state index contributed by atoms with van der Waals surface area (Å²) in [5.41, 5.74) is 7.52. The van der Waals surface area contributed by atoms with E-state index in [0.29, 0.717) is 28.9 Å². The molecule has 41 heavy (non-hydrogen) atoms. The number of nitrogens with two attached hydrogens (primary N) is 1. The van der Waals surface area contributed by atoms with E-state index in [9.17, 15) is 23.1 Å². The fourth-order valence-electron chi connectivity index (χ4n) is 6.60. The molecule has 10 nitrogen and oxygen atoms in total. The van der Waals surface area contributed by atoms with Gasteiger partial charge in [0.1, 0.15) is 5.75 Å². The number of fused-ring (bicyclic) bond motifs is 3. The predicted molar refractivity (Wildman–Crippen MR) is 152 cm³/mol. The van der Waals surface area contributed by atoms with E-state index in [1.807, 2.05) is 45.9 Å². The Bertz CT molecular complexity index is 1770. The highest BCUT2D eigenvalue weighted by atomic mass is 32.2. The molecule has 6 rings (SSSR count). The first-order valence-electron chi connectivity index (χ1n) is 13.1. The number of nitrogens with zero attached hydrogens (tertiary/aromatic N) is 1. The Morgan fingerprint density at radius 1 is 1.15 bits per heavy atom. The average molecular weight is 575 g/mol. The van der Waals surface area contributed by atoms with Crippen molar-refractivity contribution in [1.82, 2.24) is 10.7 Å². The van der Waals surface area contributed by atoms with E-state index in [0.717, 1.165) is 11.1 Å². The van der Waals surface area contributed by atoms with Gasteiger partial charge in [0.2, 0.25) is 9.84 Å². The Kier molecular flexibility index (Phi) is 5.68. The molecule has 212 valence electrons. The van der Waals surface area contributed by atoms with Crippen LogP contribution in [-0.2, 0) is 16.3 Å². The van der Waals surface area contributed by atoms with Crippen LogP contribution in [0, 0.1) is 10.8 Å². The number of sulfone groups is 1. The zero-order chi connectivity index (χ0) is 29.5.